The van der Waals surface area contributed by atoms with E-state index in [2.05, 4.69) is 24.5 Å². The van der Waals surface area contributed by atoms with E-state index in [0.29, 0.717) is 0 Å². The highest BCUT2D eigenvalue weighted by Gasteiger charge is 1.94. The number of rotatable bonds is 3. The zero-order valence-corrected chi connectivity index (χ0v) is 7.04. The molecular weight excluding hydrogens is 136 g/mol. The number of hydrogen-bond donors (Lipinski definition) is 1. The van der Waals surface area contributed by atoms with E-state index in [1.807, 2.05) is 30.3 Å². The second-order valence-corrected chi connectivity index (χ2v) is 2.41. The number of hydrogen-bond acceptors (Lipinski definition) is 2. The summed E-state index contributed by atoms with van der Waals surface area (Å²) in [6, 6.07) is 10.2. The van der Waals surface area contributed by atoms with Gasteiger partial charge in [0.2, 0.25) is 0 Å². The van der Waals surface area contributed by atoms with Crippen LogP contribution in [0.2, 0.25) is 0 Å². The van der Waals surface area contributed by atoms with Crippen LogP contribution in [0.1, 0.15) is 6.92 Å². The van der Waals surface area contributed by atoms with Crippen molar-refractivity contribution < 1.29 is 0 Å². The van der Waals surface area contributed by atoms with Gasteiger partial charge in [0, 0.05) is 13.6 Å². The second-order valence-electron chi connectivity index (χ2n) is 2.41. The van der Waals surface area contributed by atoms with E-state index >= 15 is 0 Å². The molecule has 0 fully saturated rings. The van der Waals surface area contributed by atoms with Gasteiger partial charge in [-0.05, 0) is 12.1 Å². The summed E-state index contributed by atoms with van der Waals surface area (Å²) in [5, 5.41) is 2.01. The summed E-state index contributed by atoms with van der Waals surface area (Å²) in [6.07, 6.45) is 0. The van der Waals surface area contributed by atoms with Gasteiger partial charge in [0.1, 0.15) is 0 Å². The lowest BCUT2D eigenvalue weighted by atomic mass is 10.3. The van der Waals surface area contributed by atoms with Crippen LogP contribution in [0.5, 0.6) is 0 Å². The van der Waals surface area contributed by atoms with Crippen molar-refractivity contribution >= 4 is 5.69 Å². The zero-order valence-electron chi connectivity index (χ0n) is 7.04. The van der Waals surface area contributed by atoms with Crippen molar-refractivity contribution in [2.75, 3.05) is 18.6 Å². The minimum atomic E-state index is 0.950. The average molecular weight is 150 g/mol. The van der Waals surface area contributed by atoms with E-state index in [-0.39, 0.29) is 0 Å². The third-order valence-corrected chi connectivity index (χ3v) is 1.54. The molecule has 0 aliphatic rings. The molecule has 1 N–H and O–H groups in total. The molecule has 0 saturated heterocycles. The molecule has 0 atom stereocenters. The number of anilines is 1. The number of para-hydroxylation sites is 1. The molecule has 0 unspecified atom stereocenters. The molecule has 0 aliphatic heterocycles. The standard InChI is InChI=1S/C9H14N2/c1-3-10-11(2)9-7-5-4-6-8-9/h4-8,10H,3H2,1-2H3. The molecule has 0 amide bonds. The molecule has 60 valence electrons. The first kappa shape index (κ1) is 8.08. The number of nitrogens with one attached hydrogen (secondary N) is 1. The fraction of sp³-hybridized carbons (Fsp3) is 0.333. The number of nitrogens with zero attached hydrogens (tertiary/aromatic N) is 1. The maximum Gasteiger partial charge on any atom is 0.0516 e. The predicted molar refractivity (Wildman–Crippen MR) is 48.5 cm³/mol. The van der Waals surface area contributed by atoms with Crippen molar-refractivity contribution in [1.82, 2.24) is 5.43 Å². The Bertz CT molecular complexity index is 196. The minimum Gasteiger partial charge on any atom is -0.312 e. The van der Waals surface area contributed by atoms with Gasteiger partial charge in [0.05, 0.1) is 5.69 Å². The average Bonchev–Trinajstić information content (AvgIpc) is 2.07. The Balaban J connectivity index is 2.61. The molecule has 0 spiro atoms. The Morgan fingerprint density at radius 1 is 1.27 bits per heavy atom. The fourth-order valence-corrected chi connectivity index (χ4v) is 0.980. The summed E-state index contributed by atoms with van der Waals surface area (Å²) in [4.78, 5) is 0. The summed E-state index contributed by atoms with van der Waals surface area (Å²) < 4.78 is 0. The van der Waals surface area contributed by atoms with E-state index in [0.717, 1.165) is 6.54 Å². The lowest BCUT2D eigenvalue weighted by molar-refractivity contribution is 0.709. The monoisotopic (exact) mass is 150 g/mol. The van der Waals surface area contributed by atoms with Crippen LogP contribution >= 0.6 is 0 Å². The van der Waals surface area contributed by atoms with Crippen molar-refractivity contribution in [3.8, 4) is 0 Å². The highest BCUT2D eigenvalue weighted by atomic mass is 15.5. The maximum atomic E-state index is 3.20. The summed E-state index contributed by atoms with van der Waals surface area (Å²) >= 11 is 0. The Labute approximate surface area is 67.8 Å². The normalized spacial score (nSPS) is 9.64. The van der Waals surface area contributed by atoms with Gasteiger partial charge in [-0.2, -0.15) is 0 Å². The third-order valence-electron chi connectivity index (χ3n) is 1.54. The molecule has 0 aromatic heterocycles. The van der Waals surface area contributed by atoms with E-state index < -0.39 is 0 Å². The smallest absolute Gasteiger partial charge is 0.0516 e. The van der Waals surface area contributed by atoms with Crippen molar-refractivity contribution in [3.05, 3.63) is 30.3 Å². The maximum absolute atomic E-state index is 3.20. The van der Waals surface area contributed by atoms with Crippen LogP contribution in [0, 0.1) is 0 Å². The van der Waals surface area contributed by atoms with Gasteiger partial charge in [-0.15, -0.1) is 0 Å². The first-order chi connectivity index (χ1) is 5.34. The van der Waals surface area contributed by atoms with Gasteiger partial charge in [0.15, 0.2) is 0 Å². The SMILES string of the molecule is CCNN(C)c1ccccc1. The summed E-state index contributed by atoms with van der Waals surface area (Å²) in [5.74, 6) is 0. The third kappa shape index (κ3) is 2.24. The molecular formula is C9H14N2. The van der Waals surface area contributed by atoms with Crippen molar-refractivity contribution in [3.63, 3.8) is 0 Å². The van der Waals surface area contributed by atoms with E-state index in [1.165, 1.54) is 5.69 Å². The van der Waals surface area contributed by atoms with Gasteiger partial charge in [-0.25, -0.2) is 5.43 Å². The first-order valence-electron chi connectivity index (χ1n) is 3.87. The summed E-state index contributed by atoms with van der Waals surface area (Å²) in [7, 11) is 2.01. The van der Waals surface area contributed by atoms with E-state index in [9.17, 15) is 0 Å². The van der Waals surface area contributed by atoms with Crippen LogP contribution in [-0.2, 0) is 0 Å². The molecule has 0 heterocycles. The van der Waals surface area contributed by atoms with Gasteiger partial charge < -0.3 is 5.01 Å². The van der Waals surface area contributed by atoms with E-state index in [1.54, 1.807) is 0 Å². The topological polar surface area (TPSA) is 15.3 Å². The van der Waals surface area contributed by atoms with Crippen LogP contribution in [0.15, 0.2) is 30.3 Å². The van der Waals surface area contributed by atoms with Gasteiger partial charge in [0.25, 0.3) is 0 Å². The van der Waals surface area contributed by atoms with Crippen LogP contribution in [-0.4, -0.2) is 13.6 Å². The van der Waals surface area contributed by atoms with Crippen LogP contribution < -0.4 is 10.4 Å². The van der Waals surface area contributed by atoms with Gasteiger partial charge in [-0.1, -0.05) is 25.1 Å². The molecule has 0 aliphatic carbocycles. The molecule has 1 aromatic rings. The number of hydrazine groups is 1. The molecule has 0 saturated carbocycles. The summed E-state index contributed by atoms with van der Waals surface area (Å²) in [6.45, 7) is 3.03. The Morgan fingerprint density at radius 3 is 2.45 bits per heavy atom. The highest BCUT2D eigenvalue weighted by Crippen LogP contribution is 2.07. The molecule has 2 nitrogen and oxygen atoms in total. The zero-order chi connectivity index (χ0) is 8.10. The van der Waals surface area contributed by atoms with Crippen LogP contribution in [0.3, 0.4) is 0 Å². The Kier molecular flexibility index (Phi) is 2.93. The summed E-state index contributed by atoms with van der Waals surface area (Å²) in [5.41, 5.74) is 4.38. The predicted octanol–water partition coefficient (Wildman–Crippen LogP) is 1.65. The van der Waals surface area contributed by atoms with Crippen LogP contribution in [0.4, 0.5) is 5.69 Å². The molecule has 0 bridgehead atoms. The van der Waals surface area contributed by atoms with Crippen LogP contribution in [0.25, 0.3) is 0 Å². The number of benzene rings is 1. The van der Waals surface area contributed by atoms with Crippen molar-refractivity contribution in [1.29, 1.82) is 0 Å². The highest BCUT2D eigenvalue weighted by molar-refractivity contribution is 5.43. The largest absolute Gasteiger partial charge is 0.312 e. The lowest BCUT2D eigenvalue weighted by Crippen LogP contribution is -2.33. The van der Waals surface area contributed by atoms with Gasteiger partial charge >= 0.3 is 0 Å². The van der Waals surface area contributed by atoms with Crippen molar-refractivity contribution in [2.45, 2.75) is 6.92 Å². The quantitative estimate of drug-likeness (QED) is 0.659. The fourth-order valence-electron chi connectivity index (χ4n) is 0.980. The molecule has 1 aromatic carbocycles. The Hall–Kier alpha value is -1.02. The molecule has 1 rings (SSSR count). The molecule has 0 radical (unpaired) electrons. The molecule has 2 heteroatoms. The molecule has 11 heavy (non-hydrogen) atoms. The first-order valence-corrected chi connectivity index (χ1v) is 3.87. The van der Waals surface area contributed by atoms with Crippen molar-refractivity contribution in [2.24, 2.45) is 0 Å². The minimum absolute atomic E-state index is 0.950. The van der Waals surface area contributed by atoms with Gasteiger partial charge in [-0.3, -0.25) is 0 Å². The second kappa shape index (κ2) is 3.98. The lowest BCUT2D eigenvalue weighted by Gasteiger charge is -2.18. The Morgan fingerprint density at radius 2 is 1.91 bits per heavy atom. The van der Waals surface area contributed by atoms with E-state index in [4.69, 9.17) is 0 Å².